The standard InChI is InChI=1S/C30H40N4O4/c1-7-18(2)27(36)32-26(30(4,5)6)29(38)33-16-15-24-25(33)22(17-34(24)19(3)35)28(37)31-23-14-10-12-20-11-8-9-13-21(20)23/h8-14,18,22,24-26H,7,15-17H2,1-6H3,(H,31,37)(H,32,36)/t18-,22+,24-,25-,26-/m1/s1. The maximum absolute atomic E-state index is 14.0. The van der Waals surface area contributed by atoms with Crippen molar-refractivity contribution >= 4 is 40.1 Å². The average Bonchev–Trinajstić information content (AvgIpc) is 3.46. The van der Waals surface area contributed by atoms with Crippen molar-refractivity contribution in [2.24, 2.45) is 17.3 Å². The summed E-state index contributed by atoms with van der Waals surface area (Å²) in [5.74, 6) is -1.46. The van der Waals surface area contributed by atoms with Crippen molar-refractivity contribution < 1.29 is 19.2 Å². The van der Waals surface area contributed by atoms with Gasteiger partial charge in [0, 0.05) is 37.0 Å². The molecule has 4 rings (SSSR count). The van der Waals surface area contributed by atoms with Crippen molar-refractivity contribution in [3.63, 3.8) is 0 Å². The number of benzene rings is 2. The molecule has 0 radical (unpaired) electrons. The van der Waals surface area contributed by atoms with Crippen LogP contribution >= 0.6 is 0 Å². The molecular weight excluding hydrogens is 480 g/mol. The van der Waals surface area contributed by atoms with E-state index < -0.39 is 23.4 Å². The number of nitrogens with one attached hydrogen (secondary N) is 2. The quantitative estimate of drug-likeness (QED) is 0.605. The van der Waals surface area contributed by atoms with Crippen LogP contribution in [0.3, 0.4) is 0 Å². The van der Waals surface area contributed by atoms with Crippen molar-refractivity contribution in [1.82, 2.24) is 15.1 Å². The zero-order valence-corrected chi connectivity index (χ0v) is 23.3. The maximum Gasteiger partial charge on any atom is 0.246 e. The molecular formula is C30H40N4O4. The van der Waals surface area contributed by atoms with E-state index in [-0.39, 0.29) is 42.1 Å². The lowest BCUT2D eigenvalue weighted by atomic mass is 9.84. The Kier molecular flexibility index (Phi) is 7.81. The molecule has 0 aromatic heterocycles. The highest BCUT2D eigenvalue weighted by Crippen LogP contribution is 2.38. The van der Waals surface area contributed by atoms with Gasteiger partial charge in [-0.25, -0.2) is 0 Å². The first-order valence-electron chi connectivity index (χ1n) is 13.6. The molecule has 2 N–H and O–H groups in total. The molecule has 2 aliphatic heterocycles. The van der Waals surface area contributed by atoms with Gasteiger partial charge in [0.25, 0.3) is 0 Å². The predicted octanol–water partition coefficient (Wildman–Crippen LogP) is 3.80. The van der Waals surface area contributed by atoms with Crippen LogP contribution in [0.2, 0.25) is 0 Å². The first kappa shape index (κ1) is 27.6. The van der Waals surface area contributed by atoms with Crippen LogP contribution in [0.4, 0.5) is 5.69 Å². The van der Waals surface area contributed by atoms with Gasteiger partial charge in [0.15, 0.2) is 0 Å². The number of carbonyl (C=O) groups is 4. The largest absolute Gasteiger partial charge is 0.344 e. The van der Waals surface area contributed by atoms with Crippen LogP contribution in [0, 0.1) is 17.3 Å². The first-order chi connectivity index (χ1) is 17.9. The molecule has 8 heteroatoms. The number of anilines is 1. The molecule has 38 heavy (non-hydrogen) atoms. The molecule has 2 saturated heterocycles. The highest BCUT2D eigenvalue weighted by Gasteiger charge is 2.55. The fraction of sp³-hybridized carbons (Fsp3) is 0.533. The van der Waals surface area contributed by atoms with Gasteiger partial charge < -0.3 is 20.4 Å². The summed E-state index contributed by atoms with van der Waals surface area (Å²) in [5, 5.41) is 8.03. The van der Waals surface area contributed by atoms with E-state index in [1.807, 2.05) is 77.1 Å². The fourth-order valence-electron chi connectivity index (χ4n) is 5.78. The zero-order chi connectivity index (χ0) is 27.8. The molecule has 2 aliphatic rings. The number of hydrogen-bond acceptors (Lipinski definition) is 4. The monoisotopic (exact) mass is 520 g/mol. The molecule has 0 unspecified atom stereocenters. The Morgan fingerprint density at radius 3 is 2.37 bits per heavy atom. The van der Waals surface area contributed by atoms with Gasteiger partial charge in [0.1, 0.15) is 6.04 Å². The van der Waals surface area contributed by atoms with Crippen molar-refractivity contribution in [2.45, 2.75) is 72.5 Å². The van der Waals surface area contributed by atoms with Crippen molar-refractivity contribution in [3.05, 3.63) is 42.5 Å². The van der Waals surface area contributed by atoms with Crippen molar-refractivity contribution in [1.29, 1.82) is 0 Å². The van der Waals surface area contributed by atoms with E-state index in [1.54, 1.807) is 9.80 Å². The van der Waals surface area contributed by atoms with Crippen LogP contribution in [0.1, 0.15) is 54.4 Å². The Labute approximate surface area is 225 Å². The number of carbonyl (C=O) groups excluding carboxylic acids is 4. The zero-order valence-electron chi connectivity index (χ0n) is 23.3. The van der Waals surface area contributed by atoms with E-state index in [0.717, 1.165) is 10.8 Å². The van der Waals surface area contributed by atoms with Crippen molar-refractivity contribution in [2.75, 3.05) is 18.4 Å². The Morgan fingerprint density at radius 2 is 1.71 bits per heavy atom. The molecule has 2 heterocycles. The summed E-state index contributed by atoms with van der Waals surface area (Å²) in [7, 11) is 0. The SMILES string of the molecule is CC[C@@H](C)C(=O)N[C@H](C(=O)N1CC[C@@H]2[C@H]1[C@@H](C(=O)Nc1cccc3ccccc13)CN2C(C)=O)C(C)(C)C. The molecule has 2 aromatic rings. The summed E-state index contributed by atoms with van der Waals surface area (Å²) in [6.07, 6.45) is 1.28. The van der Waals surface area contributed by atoms with E-state index in [4.69, 9.17) is 0 Å². The minimum atomic E-state index is -0.740. The lowest BCUT2D eigenvalue weighted by Crippen LogP contribution is -2.58. The van der Waals surface area contributed by atoms with Crippen LogP contribution in [-0.2, 0) is 19.2 Å². The summed E-state index contributed by atoms with van der Waals surface area (Å²) in [6, 6.07) is 12.2. The third kappa shape index (κ3) is 5.26. The number of rotatable bonds is 6. The number of hydrogen-bond donors (Lipinski definition) is 2. The third-order valence-electron chi connectivity index (χ3n) is 8.16. The van der Waals surface area contributed by atoms with E-state index in [0.29, 0.717) is 25.1 Å². The number of fused-ring (bicyclic) bond motifs is 2. The van der Waals surface area contributed by atoms with Gasteiger partial charge in [-0.2, -0.15) is 0 Å². The lowest BCUT2D eigenvalue weighted by Gasteiger charge is -2.37. The number of amides is 4. The summed E-state index contributed by atoms with van der Waals surface area (Å²) in [5.41, 5.74) is 0.174. The summed E-state index contributed by atoms with van der Waals surface area (Å²) >= 11 is 0. The van der Waals surface area contributed by atoms with Crippen molar-refractivity contribution in [3.8, 4) is 0 Å². The Morgan fingerprint density at radius 1 is 1.03 bits per heavy atom. The molecule has 0 saturated carbocycles. The van der Waals surface area contributed by atoms with Crippen LogP contribution in [0.5, 0.6) is 0 Å². The van der Waals surface area contributed by atoms with Gasteiger partial charge in [0.05, 0.1) is 18.0 Å². The number of likely N-dealkylation sites (tertiary alicyclic amines) is 2. The van der Waals surface area contributed by atoms with E-state index in [1.165, 1.54) is 6.92 Å². The van der Waals surface area contributed by atoms with Crippen LogP contribution < -0.4 is 10.6 Å². The molecule has 4 amide bonds. The Balaban J connectivity index is 1.63. The van der Waals surface area contributed by atoms with Gasteiger partial charge >= 0.3 is 0 Å². The van der Waals surface area contributed by atoms with E-state index >= 15 is 0 Å². The molecule has 0 bridgehead atoms. The second-order valence-electron chi connectivity index (χ2n) is 11.8. The maximum atomic E-state index is 14.0. The highest BCUT2D eigenvalue weighted by atomic mass is 16.2. The second-order valence-corrected chi connectivity index (χ2v) is 11.8. The van der Waals surface area contributed by atoms with E-state index in [9.17, 15) is 19.2 Å². The molecule has 2 aromatic carbocycles. The highest BCUT2D eigenvalue weighted by molar-refractivity contribution is 6.03. The normalized spacial score (nSPS) is 22.6. The average molecular weight is 521 g/mol. The topological polar surface area (TPSA) is 98.8 Å². The summed E-state index contributed by atoms with van der Waals surface area (Å²) in [6.45, 7) is 11.8. The Hall–Kier alpha value is -3.42. The Bertz CT molecular complexity index is 1230. The van der Waals surface area contributed by atoms with E-state index in [2.05, 4.69) is 10.6 Å². The minimum absolute atomic E-state index is 0.104. The van der Waals surface area contributed by atoms with Crippen LogP contribution in [0.25, 0.3) is 10.8 Å². The molecule has 5 atom stereocenters. The first-order valence-corrected chi connectivity index (χ1v) is 13.6. The predicted molar refractivity (Wildman–Crippen MR) is 148 cm³/mol. The molecule has 0 aliphatic carbocycles. The van der Waals surface area contributed by atoms with Gasteiger partial charge in [0.2, 0.25) is 23.6 Å². The number of nitrogens with zero attached hydrogens (tertiary/aromatic N) is 2. The smallest absolute Gasteiger partial charge is 0.246 e. The third-order valence-corrected chi connectivity index (χ3v) is 8.16. The molecule has 2 fully saturated rings. The molecule has 0 spiro atoms. The van der Waals surface area contributed by atoms with Crippen LogP contribution in [-0.4, -0.2) is 64.6 Å². The minimum Gasteiger partial charge on any atom is -0.344 e. The fourth-order valence-corrected chi connectivity index (χ4v) is 5.78. The van der Waals surface area contributed by atoms with Gasteiger partial charge in [-0.05, 0) is 29.7 Å². The molecule has 204 valence electrons. The summed E-state index contributed by atoms with van der Waals surface area (Å²) < 4.78 is 0. The van der Waals surface area contributed by atoms with Gasteiger partial charge in [-0.15, -0.1) is 0 Å². The second kappa shape index (κ2) is 10.8. The summed E-state index contributed by atoms with van der Waals surface area (Å²) in [4.78, 5) is 56.6. The van der Waals surface area contributed by atoms with Gasteiger partial charge in [-0.1, -0.05) is 71.0 Å². The molecule has 8 nitrogen and oxygen atoms in total. The van der Waals surface area contributed by atoms with Gasteiger partial charge in [-0.3, -0.25) is 19.2 Å². The lowest BCUT2D eigenvalue weighted by molar-refractivity contribution is -0.142. The van der Waals surface area contributed by atoms with Crippen LogP contribution in [0.15, 0.2) is 42.5 Å².